The maximum atomic E-state index is 13.1. The molecule has 0 saturated carbocycles. The number of hydrogen-bond acceptors (Lipinski definition) is 5. The van der Waals surface area contributed by atoms with E-state index in [-0.39, 0.29) is 24.5 Å². The van der Waals surface area contributed by atoms with Crippen molar-refractivity contribution in [2.24, 2.45) is 0 Å². The number of piperazine rings is 1. The summed E-state index contributed by atoms with van der Waals surface area (Å²) in [6.07, 6.45) is -0.438. The SMILES string of the molecule is CC(C)(C)OC(=O)N1CCN(C(=O)Nc2ccccc2[N+](=O)[O-])C(c2ccccc2)C1. The molecule has 1 heterocycles. The Morgan fingerprint density at radius 3 is 2.35 bits per heavy atom. The van der Waals surface area contributed by atoms with E-state index in [1.807, 2.05) is 30.3 Å². The highest BCUT2D eigenvalue weighted by atomic mass is 16.6. The number of nitro benzene ring substituents is 1. The quantitative estimate of drug-likeness (QED) is 0.578. The summed E-state index contributed by atoms with van der Waals surface area (Å²) in [7, 11) is 0. The van der Waals surface area contributed by atoms with Gasteiger partial charge in [-0.15, -0.1) is 0 Å². The Morgan fingerprint density at radius 2 is 1.71 bits per heavy atom. The minimum absolute atomic E-state index is 0.124. The van der Waals surface area contributed by atoms with E-state index in [0.29, 0.717) is 6.54 Å². The predicted octanol–water partition coefficient (Wildman–Crippen LogP) is 4.42. The topological polar surface area (TPSA) is 105 Å². The number of ether oxygens (including phenoxy) is 1. The molecule has 31 heavy (non-hydrogen) atoms. The summed E-state index contributed by atoms with van der Waals surface area (Å²) in [4.78, 5) is 39.6. The van der Waals surface area contributed by atoms with Crippen molar-refractivity contribution in [3.8, 4) is 0 Å². The molecule has 0 radical (unpaired) electrons. The van der Waals surface area contributed by atoms with E-state index in [1.165, 1.54) is 12.1 Å². The van der Waals surface area contributed by atoms with Crippen molar-refractivity contribution in [3.05, 3.63) is 70.3 Å². The van der Waals surface area contributed by atoms with Gasteiger partial charge in [-0.05, 0) is 32.4 Å². The van der Waals surface area contributed by atoms with Gasteiger partial charge in [0.15, 0.2) is 0 Å². The van der Waals surface area contributed by atoms with E-state index >= 15 is 0 Å². The lowest BCUT2D eigenvalue weighted by Crippen LogP contribution is -2.54. The molecule has 1 saturated heterocycles. The van der Waals surface area contributed by atoms with Crippen LogP contribution < -0.4 is 5.32 Å². The lowest BCUT2D eigenvalue weighted by Gasteiger charge is -2.41. The number of carbonyl (C=O) groups excluding carboxylic acids is 2. The summed E-state index contributed by atoms with van der Waals surface area (Å²) in [5.41, 5.74) is 0.173. The zero-order chi connectivity index (χ0) is 22.6. The second kappa shape index (κ2) is 9.03. The number of nitrogens with one attached hydrogen (secondary N) is 1. The molecule has 2 aromatic rings. The first-order valence-corrected chi connectivity index (χ1v) is 9.99. The maximum Gasteiger partial charge on any atom is 0.410 e. The summed E-state index contributed by atoms with van der Waals surface area (Å²) in [5.74, 6) is 0. The zero-order valence-electron chi connectivity index (χ0n) is 17.8. The predicted molar refractivity (Wildman–Crippen MR) is 116 cm³/mol. The molecule has 2 aromatic carbocycles. The standard InChI is InChI=1S/C22H26N4O5/c1-22(2,3)31-21(28)24-13-14-25(19(15-24)16-9-5-4-6-10-16)20(27)23-17-11-7-8-12-18(17)26(29)30/h4-12,19H,13-15H2,1-3H3,(H,23,27). The number of urea groups is 1. The third-order valence-electron chi connectivity index (χ3n) is 4.82. The fourth-order valence-corrected chi connectivity index (χ4v) is 3.40. The molecular weight excluding hydrogens is 400 g/mol. The Balaban J connectivity index is 1.83. The summed E-state index contributed by atoms with van der Waals surface area (Å²) in [5, 5.41) is 13.9. The van der Waals surface area contributed by atoms with Crippen molar-refractivity contribution in [3.63, 3.8) is 0 Å². The van der Waals surface area contributed by atoms with Gasteiger partial charge in [0, 0.05) is 25.7 Å². The molecule has 1 N–H and O–H groups in total. The number of amides is 3. The zero-order valence-corrected chi connectivity index (χ0v) is 17.8. The van der Waals surface area contributed by atoms with Crippen molar-refractivity contribution in [1.29, 1.82) is 0 Å². The molecule has 164 valence electrons. The van der Waals surface area contributed by atoms with E-state index in [2.05, 4.69) is 5.32 Å². The molecule has 0 aromatic heterocycles. The first-order chi connectivity index (χ1) is 14.7. The van der Waals surface area contributed by atoms with Crippen LogP contribution in [0.5, 0.6) is 0 Å². The highest BCUT2D eigenvalue weighted by Crippen LogP contribution is 2.29. The van der Waals surface area contributed by atoms with Crippen molar-refractivity contribution < 1.29 is 19.2 Å². The first-order valence-electron chi connectivity index (χ1n) is 9.99. The van der Waals surface area contributed by atoms with Gasteiger partial charge in [0.25, 0.3) is 5.69 Å². The molecule has 3 rings (SSSR count). The van der Waals surface area contributed by atoms with Crippen molar-refractivity contribution in [2.75, 3.05) is 25.0 Å². The van der Waals surface area contributed by atoms with Crippen LogP contribution in [0.25, 0.3) is 0 Å². The number of hydrogen-bond donors (Lipinski definition) is 1. The Kier molecular flexibility index (Phi) is 6.43. The molecule has 3 amide bonds. The fourth-order valence-electron chi connectivity index (χ4n) is 3.40. The third-order valence-corrected chi connectivity index (χ3v) is 4.82. The second-order valence-electron chi connectivity index (χ2n) is 8.25. The third kappa shape index (κ3) is 5.50. The molecule has 1 aliphatic heterocycles. The molecule has 1 unspecified atom stereocenters. The Labute approximate surface area is 180 Å². The fraction of sp³-hybridized carbons (Fsp3) is 0.364. The number of nitrogens with zero attached hydrogens (tertiary/aromatic N) is 3. The van der Waals surface area contributed by atoms with Crippen LogP contribution in [0.4, 0.5) is 21.0 Å². The van der Waals surface area contributed by atoms with Gasteiger partial charge in [0.2, 0.25) is 0 Å². The van der Waals surface area contributed by atoms with Gasteiger partial charge < -0.3 is 19.9 Å². The Bertz CT molecular complexity index is 958. The molecule has 1 aliphatic rings. The van der Waals surface area contributed by atoms with Crippen molar-refractivity contribution in [1.82, 2.24) is 9.80 Å². The van der Waals surface area contributed by atoms with Gasteiger partial charge in [0.05, 0.1) is 11.0 Å². The molecular formula is C22H26N4O5. The van der Waals surface area contributed by atoms with Gasteiger partial charge >= 0.3 is 12.1 Å². The van der Waals surface area contributed by atoms with Crippen LogP contribution in [0, 0.1) is 10.1 Å². The number of nitro groups is 1. The van der Waals surface area contributed by atoms with Gasteiger partial charge in [-0.1, -0.05) is 42.5 Å². The molecule has 9 heteroatoms. The first kappa shape index (κ1) is 22.1. The lowest BCUT2D eigenvalue weighted by molar-refractivity contribution is -0.383. The molecule has 0 spiro atoms. The van der Waals surface area contributed by atoms with Crippen molar-refractivity contribution in [2.45, 2.75) is 32.4 Å². The smallest absolute Gasteiger partial charge is 0.410 e. The van der Waals surface area contributed by atoms with Crippen LogP contribution in [0.2, 0.25) is 0 Å². The number of benzene rings is 2. The van der Waals surface area contributed by atoms with Gasteiger partial charge in [-0.25, -0.2) is 9.59 Å². The molecule has 1 atom stereocenters. The van der Waals surface area contributed by atoms with Gasteiger partial charge in [-0.3, -0.25) is 10.1 Å². The molecule has 9 nitrogen and oxygen atoms in total. The Hall–Kier alpha value is -3.62. The van der Waals surface area contributed by atoms with Crippen LogP contribution in [0.3, 0.4) is 0 Å². The van der Waals surface area contributed by atoms with E-state index in [1.54, 1.807) is 42.7 Å². The summed E-state index contributed by atoms with van der Waals surface area (Å²) < 4.78 is 5.49. The summed E-state index contributed by atoms with van der Waals surface area (Å²) in [6, 6.07) is 14.5. The van der Waals surface area contributed by atoms with Crippen LogP contribution in [-0.4, -0.2) is 52.1 Å². The number of rotatable bonds is 3. The average molecular weight is 426 g/mol. The normalized spacial score (nSPS) is 16.5. The average Bonchev–Trinajstić information content (AvgIpc) is 2.73. The highest BCUT2D eigenvalue weighted by Gasteiger charge is 2.35. The molecule has 0 bridgehead atoms. The van der Waals surface area contributed by atoms with E-state index in [0.717, 1.165) is 5.56 Å². The van der Waals surface area contributed by atoms with E-state index < -0.39 is 28.7 Å². The molecule has 1 fully saturated rings. The second-order valence-corrected chi connectivity index (χ2v) is 8.25. The highest BCUT2D eigenvalue weighted by molar-refractivity contribution is 5.92. The summed E-state index contributed by atoms with van der Waals surface area (Å²) in [6.45, 7) is 6.21. The van der Waals surface area contributed by atoms with Gasteiger partial charge in [-0.2, -0.15) is 0 Å². The molecule has 0 aliphatic carbocycles. The minimum atomic E-state index is -0.625. The lowest BCUT2D eigenvalue weighted by atomic mass is 10.0. The van der Waals surface area contributed by atoms with Gasteiger partial charge in [0.1, 0.15) is 11.3 Å². The van der Waals surface area contributed by atoms with Crippen LogP contribution in [0.1, 0.15) is 32.4 Å². The van der Waals surface area contributed by atoms with Crippen LogP contribution >= 0.6 is 0 Å². The minimum Gasteiger partial charge on any atom is -0.444 e. The largest absolute Gasteiger partial charge is 0.444 e. The monoisotopic (exact) mass is 426 g/mol. The number of anilines is 1. The van der Waals surface area contributed by atoms with Crippen LogP contribution in [-0.2, 0) is 4.74 Å². The number of carbonyl (C=O) groups is 2. The Morgan fingerprint density at radius 1 is 1.06 bits per heavy atom. The number of para-hydroxylation sites is 2. The van der Waals surface area contributed by atoms with Crippen molar-refractivity contribution >= 4 is 23.5 Å². The van der Waals surface area contributed by atoms with E-state index in [9.17, 15) is 19.7 Å². The maximum absolute atomic E-state index is 13.1. The summed E-state index contributed by atoms with van der Waals surface area (Å²) >= 11 is 0. The van der Waals surface area contributed by atoms with Crippen LogP contribution in [0.15, 0.2) is 54.6 Å². The van der Waals surface area contributed by atoms with E-state index in [4.69, 9.17) is 4.74 Å².